The molecule has 0 radical (unpaired) electrons. The lowest BCUT2D eigenvalue weighted by Gasteiger charge is -2.10. The van der Waals surface area contributed by atoms with Crippen LogP contribution in [0.15, 0.2) is 24.4 Å². The first-order valence-corrected chi connectivity index (χ1v) is 7.16. The minimum absolute atomic E-state index is 0.195. The van der Waals surface area contributed by atoms with Gasteiger partial charge in [0.25, 0.3) is 0 Å². The van der Waals surface area contributed by atoms with Gasteiger partial charge in [-0.25, -0.2) is 14.8 Å². The maximum absolute atomic E-state index is 11.2. The number of hydrogen-bond donors (Lipinski definition) is 2. The van der Waals surface area contributed by atoms with E-state index in [2.05, 4.69) is 22.2 Å². The third-order valence-corrected chi connectivity index (χ3v) is 3.76. The van der Waals surface area contributed by atoms with Crippen molar-refractivity contribution in [1.29, 1.82) is 0 Å². The average Bonchev–Trinajstić information content (AvgIpc) is 2.43. The van der Waals surface area contributed by atoms with E-state index in [0.717, 1.165) is 11.9 Å². The molecule has 1 aromatic carbocycles. The van der Waals surface area contributed by atoms with Crippen LogP contribution in [0, 0.1) is 0 Å². The molecule has 1 heterocycles. The smallest absolute Gasteiger partial charge is 0.337 e. The van der Waals surface area contributed by atoms with E-state index in [0.29, 0.717) is 16.7 Å². The van der Waals surface area contributed by atoms with E-state index < -0.39 is 5.97 Å². The van der Waals surface area contributed by atoms with Crippen LogP contribution in [0.25, 0.3) is 10.9 Å². The lowest BCUT2D eigenvalue weighted by atomic mass is 10.1. The first-order chi connectivity index (χ1) is 9.11. The molecule has 19 heavy (non-hydrogen) atoms. The van der Waals surface area contributed by atoms with Crippen LogP contribution >= 0.6 is 11.8 Å². The lowest BCUT2D eigenvalue weighted by Crippen LogP contribution is -2.14. The zero-order valence-corrected chi connectivity index (χ0v) is 11.6. The Kier molecular flexibility index (Phi) is 4.21. The molecule has 5 nitrogen and oxygen atoms in total. The van der Waals surface area contributed by atoms with Crippen molar-refractivity contribution in [3.05, 3.63) is 30.0 Å². The van der Waals surface area contributed by atoms with Gasteiger partial charge in [0.05, 0.1) is 11.1 Å². The Morgan fingerprint density at radius 2 is 2.32 bits per heavy atom. The molecule has 1 atom stereocenters. The van der Waals surface area contributed by atoms with Crippen molar-refractivity contribution >= 4 is 34.6 Å². The Bertz CT molecular complexity index is 603. The summed E-state index contributed by atoms with van der Waals surface area (Å²) in [6.45, 7) is 2.84. The summed E-state index contributed by atoms with van der Waals surface area (Å²) in [6, 6.07) is 5.04. The maximum Gasteiger partial charge on any atom is 0.337 e. The van der Waals surface area contributed by atoms with E-state index in [1.807, 2.05) is 6.26 Å². The molecule has 1 aromatic heterocycles. The van der Waals surface area contributed by atoms with Crippen molar-refractivity contribution in [2.45, 2.75) is 12.2 Å². The van der Waals surface area contributed by atoms with Crippen molar-refractivity contribution in [2.75, 3.05) is 18.1 Å². The second kappa shape index (κ2) is 5.88. The van der Waals surface area contributed by atoms with Crippen molar-refractivity contribution in [1.82, 2.24) is 9.97 Å². The molecule has 0 spiro atoms. The Morgan fingerprint density at radius 3 is 3.00 bits per heavy atom. The number of anilines is 1. The highest BCUT2D eigenvalue weighted by Gasteiger charge is 2.10. The number of benzene rings is 1. The van der Waals surface area contributed by atoms with Crippen molar-refractivity contribution < 1.29 is 9.90 Å². The zero-order valence-electron chi connectivity index (χ0n) is 10.8. The van der Waals surface area contributed by atoms with Gasteiger partial charge in [-0.05, 0) is 12.3 Å². The number of nitrogens with one attached hydrogen (secondary N) is 1. The normalized spacial score (nSPS) is 12.3. The molecule has 2 rings (SSSR count). The second-order valence-corrected chi connectivity index (χ2v) is 5.45. The fraction of sp³-hybridized carbons (Fsp3) is 0.308. The predicted octanol–water partition coefficient (Wildman–Crippen LogP) is 2.49. The fourth-order valence-electron chi connectivity index (χ4n) is 1.63. The largest absolute Gasteiger partial charge is 0.478 e. The van der Waals surface area contributed by atoms with E-state index in [1.165, 1.54) is 0 Å². The van der Waals surface area contributed by atoms with Crippen LogP contribution in [0.2, 0.25) is 0 Å². The summed E-state index contributed by atoms with van der Waals surface area (Å²) in [5, 5.41) is 13.4. The minimum Gasteiger partial charge on any atom is -0.478 e. The molecule has 1 unspecified atom stereocenters. The zero-order chi connectivity index (χ0) is 13.8. The maximum atomic E-state index is 11.2. The standard InChI is InChI=1S/C13H15N3O2S/c1-8(19-2)6-14-13-15-7-9-4-3-5-10(12(17)18)11(9)16-13/h3-5,7-8H,6H2,1-2H3,(H,17,18)(H,14,15,16). The van der Waals surface area contributed by atoms with Crippen molar-refractivity contribution in [3.63, 3.8) is 0 Å². The van der Waals surface area contributed by atoms with Gasteiger partial charge in [-0.2, -0.15) is 11.8 Å². The van der Waals surface area contributed by atoms with Crippen LogP contribution in [-0.4, -0.2) is 39.1 Å². The number of para-hydroxylation sites is 1. The Morgan fingerprint density at radius 1 is 1.53 bits per heavy atom. The number of nitrogens with zero attached hydrogens (tertiary/aromatic N) is 2. The minimum atomic E-state index is -0.979. The van der Waals surface area contributed by atoms with E-state index in [9.17, 15) is 4.79 Å². The van der Waals surface area contributed by atoms with Crippen LogP contribution in [-0.2, 0) is 0 Å². The summed E-state index contributed by atoms with van der Waals surface area (Å²) in [6.07, 6.45) is 3.68. The molecule has 0 bridgehead atoms. The van der Waals surface area contributed by atoms with E-state index >= 15 is 0 Å². The average molecular weight is 277 g/mol. The number of carboxylic acid groups (broad SMARTS) is 1. The molecule has 6 heteroatoms. The number of rotatable bonds is 5. The predicted molar refractivity (Wildman–Crippen MR) is 78.0 cm³/mol. The van der Waals surface area contributed by atoms with Gasteiger partial charge in [0, 0.05) is 23.4 Å². The first-order valence-electron chi connectivity index (χ1n) is 5.87. The molecule has 100 valence electrons. The van der Waals surface area contributed by atoms with Crippen molar-refractivity contribution in [2.24, 2.45) is 0 Å². The van der Waals surface area contributed by atoms with E-state index in [-0.39, 0.29) is 5.56 Å². The summed E-state index contributed by atoms with van der Waals surface area (Å²) in [7, 11) is 0. The Labute approximate surface area is 115 Å². The monoisotopic (exact) mass is 277 g/mol. The van der Waals surface area contributed by atoms with Gasteiger partial charge >= 0.3 is 5.97 Å². The van der Waals surface area contributed by atoms with Gasteiger partial charge in [-0.3, -0.25) is 0 Å². The van der Waals surface area contributed by atoms with Crippen LogP contribution in [0.1, 0.15) is 17.3 Å². The molecular weight excluding hydrogens is 262 g/mol. The molecule has 0 saturated carbocycles. The van der Waals surface area contributed by atoms with Crippen LogP contribution in [0.4, 0.5) is 5.95 Å². The molecule has 0 amide bonds. The van der Waals surface area contributed by atoms with Gasteiger partial charge in [-0.15, -0.1) is 0 Å². The summed E-state index contributed by atoms with van der Waals surface area (Å²) in [5.41, 5.74) is 0.658. The van der Waals surface area contributed by atoms with Gasteiger partial charge in [0.1, 0.15) is 0 Å². The summed E-state index contributed by atoms with van der Waals surface area (Å²) < 4.78 is 0. The molecule has 0 aliphatic rings. The number of carboxylic acids is 1. The third kappa shape index (κ3) is 3.14. The number of thioether (sulfide) groups is 1. The number of hydrogen-bond acceptors (Lipinski definition) is 5. The van der Waals surface area contributed by atoms with Gasteiger partial charge in [0.2, 0.25) is 5.95 Å². The van der Waals surface area contributed by atoms with E-state index in [4.69, 9.17) is 5.11 Å². The second-order valence-electron chi connectivity index (χ2n) is 4.17. The number of carbonyl (C=O) groups is 1. The molecule has 0 saturated heterocycles. The SMILES string of the molecule is CSC(C)CNc1ncc2cccc(C(=O)O)c2n1. The van der Waals surface area contributed by atoms with Gasteiger partial charge < -0.3 is 10.4 Å². The topological polar surface area (TPSA) is 75.1 Å². The highest BCUT2D eigenvalue weighted by molar-refractivity contribution is 7.99. The van der Waals surface area contributed by atoms with Crippen LogP contribution < -0.4 is 5.32 Å². The molecular formula is C13H15N3O2S. The van der Waals surface area contributed by atoms with Crippen LogP contribution in [0.5, 0.6) is 0 Å². The lowest BCUT2D eigenvalue weighted by molar-refractivity contribution is 0.0699. The molecule has 2 aromatic rings. The quantitative estimate of drug-likeness (QED) is 0.874. The van der Waals surface area contributed by atoms with E-state index in [1.54, 1.807) is 36.2 Å². The first kappa shape index (κ1) is 13.6. The highest BCUT2D eigenvalue weighted by atomic mass is 32.2. The molecule has 0 aliphatic heterocycles. The van der Waals surface area contributed by atoms with Crippen LogP contribution in [0.3, 0.4) is 0 Å². The summed E-state index contributed by atoms with van der Waals surface area (Å²) in [5.74, 6) is -0.519. The fourth-order valence-corrected chi connectivity index (χ4v) is 1.88. The number of aromatic carboxylic acids is 1. The molecule has 2 N–H and O–H groups in total. The highest BCUT2D eigenvalue weighted by Crippen LogP contribution is 2.17. The van der Waals surface area contributed by atoms with Gasteiger partial charge in [-0.1, -0.05) is 19.1 Å². The summed E-state index contributed by atoms with van der Waals surface area (Å²) in [4.78, 5) is 19.6. The number of aromatic nitrogens is 2. The van der Waals surface area contributed by atoms with Crippen molar-refractivity contribution in [3.8, 4) is 0 Å². The Balaban J connectivity index is 2.33. The summed E-state index contributed by atoms with van der Waals surface area (Å²) >= 11 is 1.74. The number of fused-ring (bicyclic) bond motifs is 1. The molecule has 0 fully saturated rings. The molecule has 0 aliphatic carbocycles. The Hall–Kier alpha value is -1.82. The third-order valence-electron chi connectivity index (χ3n) is 2.79. The van der Waals surface area contributed by atoms with Gasteiger partial charge in [0.15, 0.2) is 0 Å².